The van der Waals surface area contributed by atoms with Gasteiger partial charge in [-0.15, -0.1) is 11.5 Å². The van der Waals surface area contributed by atoms with Crippen molar-refractivity contribution >= 4 is 6.98 Å². The molecule has 2 rings (SSSR count). The average molecular weight is 200 g/mol. The van der Waals surface area contributed by atoms with Gasteiger partial charge in [0.1, 0.15) is 0 Å². The minimum atomic E-state index is -4.65. The predicted octanol–water partition coefficient (Wildman–Crippen LogP) is -0.123. The molecule has 1 fully saturated rings. The van der Waals surface area contributed by atoms with Crippen LogP contribution in [0.15, 0.2) is 11.5 Å². The Kier molecular flexibility index (Phi) is 3.23. The second-order valence-corrected chi connectivity index (χ2v) is 3.69. The van der Waals surface area contributed by atoms with Gasteiger partial charge in [-0.2, -0.15) is 0 Å². The molecule has 0 aliphatic heterocycles. The van der Waals surface area contributed by atoms with Crippen molar-refractivity contribution in [2.75, 3.05) is 0 Å². The van der Waals surface area contributed by atoms with E-state index >= 15 is 0 Å². The van der Waals surface area contributed by atoms with Gasteiger partial charge < -0.3 is 12.9 Å². The van der Waals surface area contributed by atoms with Gasteiger partial charge >= 0.3 is 58.4 Å². The van der Waals surface area contributed by atoms with Crippen molar-refractivity contribution < 1.29 is 64.3 Å². The maximum Gasteiger partial charge on any atom is 1.00 e. The summed E-state index contributed by atoms with van der Waals surface area (Å²) in [7, 11) is 0. The smallest absolute Gasteiger partial charge is 0.445 e. The third-order valence-electron chi connectivity index (χ3n) is 2.82. The molecule has 12 heavy (non-hydrogen) atoms. The molecule has 0 atom stereocenters. The minimum absolute atomic E-state index is 0. The number of hydrogen-bond acceptors (Lipinski definition) is 0. The molecule has 0 saturated heterocycles. The van der Waals surface area contributed by atoms with Crippen LogP contribution in [0.4, 0.5) is 12.9 Å². The molecule has 0 aromatic heterocycles. The summed E-state index contributed by atoms with van der Waals surface area (Å²) >= 11 is 0. The maximum absolute atomic E-state index is 12.0. The fourth-order valence-electron chi connectivity index (χ4n) is 1.93. The second-order valence-electron chi connectivity index (χ2n) is 3.69. The third-order valence-corrected chi connectivity index (χ3v) is 2.82. The summed E-state index contributed by atoms with van der Waals surface area (Å²) in [6, 6.07) is 0. The van der Waals surface area contributed by atoms with Gasteiger partial charge in [-0.05, 0) is 18.3 Å². The largest absolute Gasteiger partial charge is 1.00 e. The van der Waals surface area contributed by atoms with Crippen LogP contribution in [0, 0.1) is 5.41 Å². The van der Waals surface area contributed by atoms with E-state index in [0.29, 0.717) is 6.42 Å². The van der Waals surface area contributed by atoms with Gasteiger partial charge in [-0.25, -0.2) is 0 Å². The van der Waals surface area contributed by atoms with Crippen molar-refractivity contribution in [1.82, 2.24) is 0 Å². The monoisotopic (exact) mass is 200 g/mol. The van der Waals surface area contributed by atoms with Crippen LogP contribution in [0.25, 0.3) is 0 Å². The molecule has 5 heteroatoms. The standard InChI is InChI=1S/C7H9BF3.K/c9-8(10,11)6-4-7(5-6)2-1-3-7;/h4H,1-3,5H2;/q-1;+1. The van der Waals surface area contributed by atoms with E-state index in [-0.39, 0.29) is 62.3 Å². The molecule has 2 aliphatic carbocycles. The number of rotatable bonds is 1. The van der Waals surface area contributed by atoms with Gasteiger partial charge in [0, 0.05) is 0 Å². The zero-order valence-corrected chi connectivity index (χ0v) is 10.2. The first kappa shape index (κ1) is 11.3. The van der Waals surface area contributed by atoms with Gasteiger partial charge in [-0.3, -0.25) is 0 Å². The molecule has 0 nitrogen and oxygen atoms in total. The van der Waals surface area contributed by atoms with Crippen LogP contribution in [0.3, 0.4) is 0 Å². The summed E-state index contributed by atoms with van der Waals surface area (Å²) in [5, 5.41) is 0. The summed E-state index contributed by atoms with van der Waals surface area (Å²) in [6.07, 6.45) is 4.81. The molecule has 0 radical (unpaired) electrons. The van der Waals surface area contributed by atoms with Gasteiger partial charge in [0.15, 0.2) is 0 Å². The predicted molar refractivity (Wildman–Crippen MR) is 38.1 cm³/mol. The average Bonchev–Trinajstić information content (AvgIpc) is 1.49. The first-order valence-electron chi connectivity index (χ1n) is 3.93. The summed E-state index contributed by atoms with van der Waals surface area (Å²) in [6.45, 7) is -4.65. The van der Waals surface area contributed by atoms with E-state index in [9.17, 15) is 12.9 Å². The minimum Gasteiger partial charge on any atom is -0.445 e. The number of halogens is 3. The molecule has 0 bridgehead atoms. The maximum atomic E-state index is 12.0. The Balaban J connectivity index is 0.000000720. The summed E-state index contributed by atoms with van der Waals surface area (Å²) in [4.78, 5) is 0. The van der Waals surface area contributed by atoms with Crippen LogP contribution in [0.2, 0.25) is 0 Å². The van der Waals surface area contributed by atoms with Crippen LogP contribution in [0.5, 0.6) is 0 Å². The normalized spacial score (nSPS) is 25.1. The fraction of sp³-hybridized carbons (Fsp3) is 0.714. The van der Waals surface area contributed by atoms with E-state index in [4.69, 9.17) is 0 Å². The van der Waals surface area contributed by atoms with E-state index in [1.807, 2.05) is 0 Å². The zero-order valence-electron chi connectivity index (χ0n) is 7.12. The van der Waals surface area contributed by atoms with Crippen molar-refractivity contribution in [3.05, 3.63) is 11.5 Å². The molecule has 2 aliphatic rings. The van der Waals surface area contributed by atoms with Crippen LogP contribution in [-0.4, -0.2) is 6.98 Å². The van der Waals surface area contributed by atoms with Crippen molar-refractivity contribution in [3.63, 3.8) is 0 Å². The van der Waals surface area contributed by atoms with Crippen molar-refractivity contribution in [2.45, 2.75) is 25.7 Å². The van der Waals surface area contributed by atoms with E-state index in [1.54, 1.807) is 0 Å². The number of hydrogen-bond donors (Lipinski definition) is 0. The molecule has 0 unspecified atom stereocenters. The van der Waals surface area contributed by atoms with Crippen LogP contribution >= 0.6 is 0 Å². The number of allylic oxidation sites excluding steroid dienone is 2. The Bertz CT molecular complexity index is 217. The topological polar surface area (TPSA) is 0 Å². The Hall–Kier alpha value is 1.23. The molecule has 0 aromatic rings. The third kappa shape index (κ3) is 1.85. The molecule has 0 N–H and O–H groups in total. The van der Waals surface area contributed by atoms with Crippen LogP contribution in [0.1, 0.15) is 25.7 Å². The van der Waals surface area contributed by atoms with Gasteiger partial charge in [-0.1, -0.05) is 12.8 Å². The van der Waals surface area contributed by atoms with Gasteiger partial charge in [0.25, 0.3) is 0 Å². The Morgan fingerprint density at radius 1 is 1.25 bits per heavy atom. The van der Waals surface area contributed by atoms with Crippen LogP contribution < -0.4 is 51.4 Å². The SMILES string of the molecule is F[B-](F)(F)C1=CC2(CCC2)C1.[K+]. The summed E-state index contributed by atoms with van der Waals surface area (Å²) in [5.74, 6) is 0. The second kappa shape index (κ2) is 3.42. The van der Waals surface area contributed by atoms with E-state index < -0.39 is 6.98 Å². The van der Waals surface area contributed by atoms with E-state index in [0.717, 1.165) is 19.3 Å². The zero-order chi connectivity index (χ0) is 8.11. The first-order chi connectivity index (χ1) is 5.02. The van der Waals surface area contributed by atoms with Crippen molar-refractivity contribution in [2.24, 2.45) is 5.41 Å². The van der Waals surface area contributed by atoms with Crippen molar-refractivity contribution in [1.29, 1.82) is 0 Å². The molecule has 62 valence electrons. The van der Waals surface area contributed by atoms with E-state index in [1.165, 1.54) is 6.08 Å². The van der Waals surface area contributed by atoms with E-state index in [2.05, 4.69) is 0 Å². The Morgan fingerprint density at radius 2 is 1.75 bits per heavy atom. The summed E-state index contributed by atoms with van der Waals surface area (Å²) < 4.78 is 36.0. The molecule has 0 heterocycles. The quantitative estimate of drug-likeness (QED) is 0.517. The molecule has 1 spiro atoms. The fourth-order valence-corrected chi connectivity index (χ4v) is 1.93. The molecule has 0 amide bonds. The van der Waals surface area contributed by atoms with Crippen LogP contribution in [-0.2, 0) is 0 Å². The molecular formula is C7H9BF3K. The molecular weight excluding hydrogens is 191 g/mol. The molecule has 1 saturated carbocycles. The Morgan fingerprint density at radius 3 is 2.00 bits per heavy atom. The first-order valence-corrected chi connectivity index (χ1v) is 3.93. The molecule has 0 aromatic carbocycles. The van der Waals surface area contributed by atoms with Gasteiger partial charge in [0.05, 0.1) is 0 Å². The Labute approximate surface area is 112 Å². The van der Waals surface area contributed by atoms with Gasteiger partial charge in [0.2, 0.25) is 0 Å². The summed E-state index contributed by atoms with van der Waals surface area (Å²) in [5.41, 5.74) is -0.239. The van der Waals surface area contributed by atoms with Crippen molar-refractivity contribution in [3.8, 4) is 0 Å².